The number of halogens is 1. The fourth-order valence-corrected chi connectivity index (χ4v) is 0.956. The van der Waals surface area contributed by atoms with Crippen molar-refractivity contribution in [2.45, 2.75) is 18.9 Å². The summed E-state index contributed by atoms with van der Waals surface area (Å²) in [5.74, 6) is -0.392. The van der Waals surface area contributed by atoms with E-state index >= 15 is 0 Å². The third-order valence-corrected chi connectivity index (χ3v) is 1.78. The first-order valence-electron chi connectivity index (χ1n) is 4.07. The first kappa shape index (κ1) is 8.16. The number of pyridine rings is 1. The topological polar surface area (TPSA) is 39.2 Å². The number of ether oxygens (including phenoxy) is 1. The van der Waals surface area contributed by atoms with Gasteiger partial charge in [-0.05, 0) is 12.8 Å². The summed E-state index contributed by atoms with van der Waals surface area (Å²) in [6.45, 7) is 0. The lowest BCUT2D eigenvalue weighted by atomic mass is 10.3. The quantitative estimate of drug-likeness (QED) is 0.664. The molecule has 0 atom stereocenters. The van der Waals surface area contributed by atoms with Gasteiger partial charge in [-0.25, -0.2) is 4.39 Å². The van der Waals surface area contributed by atoms with E-state index in [1.807, 2.05) is 0 Å². The summed E-state index contributed by atoms with van der Waals surface area (Å²) in [6, 6.07) is 1.32. The van der Waals surface area contributed by atoms with Crippen LogP contribution in [0.3, 0.4) is 0 Å². The number of aromatic nitrogens is 1. The van der Waals surface area contributed by atoms with Crippen LogP contribution in [0.15, 0.2) is 12.3 Å². The molecule has 0 N–H and O–H groups in total. The van der Waals surface area contributed by atoms with Crippen molar-refractivity contribution in [1.29, 1.82) is 0 Å². The lowest BCUT2D eigenvalue weighted by Gasteiger charge is -2.04. The van der Waals surface area contributed by atoms with Gasteiger partial charge in [0.05, 0.1) is 12.3 Å². The summed E-state index contributed by atoms with van der Waals surface area (Å²) in [5.41, 5.74) is 0.192. The van der Waals surface area contributed by atoms with Crippen molar-refractivity contribution in [3.05, 3.63) is 23.8 Å². The van der Waals surface area contributed by atoms with Crippen molar-refractivity contribution in [3.8, 4) is 5.75 Å². The van der Waals surface area contributed by atoms with Crippen molar-refractivity contribution in [1.82, 2.24) is 4.98 Å². The molecule has 1 aromatic rings. The second kappa shape index (κ2) is 3.12. The molecule has 1 heterocycles. The zero-order chi connectivity index (χ0) is 9.26. The zero-order valence-corrected chi connectivity index (χ0v) is 6.87. The Balaban J connectivity index is 2.24. The lowest BCUT2D eigenvalue weighted by Crippen LogP contribution is -2.00. The fraction of sp³-hybridized carbons (Fsp3) is 0.333. The van der Waals surface area contributed by atoms with Crippen LogP contribution in [0.4, 0.5) is 4.39 Å². The molecule has 1 saturated carbocycles. The molecule has 0 saturated heterocycles. The molecule has 0 bridgehead atoms. The number of carbonyl (C=O) groups excluding carboxylic acids is 1. The highest BCUT2D eigenvalue weighted by Crippen LogP contribution is 2.28. The smallest absolute Gasteiger partial charge is 0.183 e. The van der Waals surface area contributed by atoms with Gasteiger partial charge in [0.15, 0.2) is 17.9 Å². The largest absolute Gasteiger partial charge is 0.487 e. The normalized spacial score (nSPS) is 15.5. The Labute approximate surface area is 74.5 Å². The molecule has 2 rings (SSSR count). The van der Waals surface area contributed by atoms with Crippen LogP contribution < -0.4 is 4.74 Å². The average molecular weight is 181 g/mol. The Morgan fingerprint density at radius 2 is 2.38 bits per heavy atom. The minimum absolute atomic E-state index is 0.122. The number of rotatable bonds is 3. The molecule has 0 spiro atoms. The Morgan fingerprint density at radius 3 is 3.00 bits per heavy atom. The van der Waals surface area contributed by atoms with Crippen LogP contribution in [0, 0.1) is 5.82 Å². The van der Waals surface area contributed by atoms with Gasteiger partial charge in [0.1, 0.15) is 5.69 Å². The summed E-state index contributed by atoms with van der Waals surface area (Å²) in [6.07, 6.45) is 3.60. The van der Waals surface area contributed by atoms with Crippen LogP contribution in [-0.4, -0.2) is 17.4 Å². The second-order valence-electron chi connectivity index (χ2n) is 2.97. The Morgan fingerprint density at radius 1 is 1.62 bits per heavy atom. The van der Waals surface area contributed by atoms with Gasteiger partial charge in [-0.15, -0.1) is 0 Å². The number of hydrogen-bond donors (Lipinski definition) is 0. The summed E-state index contributed by atoms with van der Waals surface area (Å²) in [4.78, 5) is 13.9. The molecule has 0 aromatic carbocycles. The minimum atomic E-state index is -0.516. The maximum atomic E-state index is 13.0. The highest BCUT2D eigenvalue weighted by Gasteiger charge is 2.24. The van der Waals surface area contributed by atoms with Gasteiger partial charge in [-0.1, -0.05) is 0 Å². The summed E-state index contributed by atoms with van der Waals surface area (Å²) < 4.78 is 18.2. The Hall–Kier alpha value is -1.45. The van der Waals surface area contributed by atoms with E-state index < -0.39 is 5.82 Å². The lowest BCUT2D eigenvalue weighted by molar-refractivity contribution is 0.111. The van der Waals surface area contributed by atoms with Crippen molar-refractivity contribution in [2.75, 3.05) is 0 Å². The van der Waals surface area contributed by atoms with Gasteiger partial charge in [-0.3, -0.25) is 9.78 Å². The molecule has 0 unspecified atom stereocenters. The Bertz CT molecular complexity index is 336. The van der Waals surface area contributed by atoms with E-state index in [2.05, 4.69) is 4.98 Å². The first-order valence-corrected chi connectivity index (χ1v) is 4.07. The van der Waals surface area contributed by atoms with Gasteiger partial charge in [0.2, 0.25) is 0 Å². The van der Waals surface area contributed by atoms with E-state index in [0.717, 1.165) is 19.0 Å². The van der Waals surface area contributed by atoms with Crippen LogP contribution in [-0.2, 0) is 0 Å². The number of nitrogens with zero attached hydrogens (tertiary/aromatic N) is 1. The summed E-state index contributed by atoms with van der Waals surface area (Å²) in [7, 11) is 0. The SMILES string of the molecule is O=Cc1cc(OC2CC2)c(F)cn1. The van der Waals surface area contributed by atoms with Crippen LogP contribution >= 0.6 is 0 Å². The monoisotopic (exact) mass is 181 g/mol. The highest BCUT2D eigenvalue weighted by molar-refractivity contribution is 5.72. The average Bonchev–Trinajstić information content (AvgIpc) is 2.93. The molecule has 13 heavy (non-hydrogen) atoms. The number of aldehydes is 1. The van der Waals surface area contributed by atoms with Crippen LogP contribution in [0.5, 0.6) is 5.75 Å². The molecular weight excluding hydrogens is 173 g/mol. The molecule has 1 aliphatic rings. The standard InChI is InChI=1S/C9H8FNO2/c10-8-4-11-6(5-12)3-9(8)13-7-1-2-7/h3-5,7H,1-2H2. The van der Waals surface area contributed by atoms with Crippen LogP contribution in [0.1, 0.15) is 23.3 Å². The second-order valence-corrected chi connectivity index (χ2v) is 2.97. The zero-order valence-electron chi connectivity index (χ0n) is 6.87. The summed E-state index contributed by atoms with van der Waals surface area (Å²) in [5, 5.41) is 0. The van der Waals surface area contributed by atoms with Crippen LogP contribution in [0.2, 0.25) is 0 Å². The molecule has 0 aliphatic heterocycles. The van der Waals surface area contributed by atoms with E-state index in [1.165, 1.54) is 6.07 Å². The maximum Gasteiger partial charge on any atom is 0.183 e. The predicted molar refractivity (Wildman–Crippen MR) is 43.2 cm³/mol. The third kappa shape index (κ3) is 1.83. The fourth-order valence-electron chi connectivity index (χ4n) is 0.956. The molecule has 4 heteroatoms. The first-order chi connectivity index (χ1) is 6.29. The van der Waals surface area contributed by atoms with Gasteiger partial charge < -0.3 is 4.74 Å². The van der Waals surface area contributed by atoms with E-state index in [-0.39, 0.29) is 17.5 Å². The van der Waals surface area contributed by atoms with Gasteiger partial charge in [0.25, 0.3) is 0 Å². The van der Waals surface area contributed by atoms with E-state index in [4.69, 9.17) is 4.74 Å². The molecular formula is C9H8FNO2. The molecule has 0 radical (unpaired) electrons. The van der Waals surface area contributed by atoms with Crippen molar-refractivity contribution >= 4 is 6.29 Å². The number of carbonyl (C=O) groups is 1. The van der Waals surface area contributed by atoms with E-state index in [9.17, 15) is 9.18 Å². The predicted octanol–water partition coefficient (Wildman–Crippen LogP) is 1.57. The maximum absolute atomic E-state index is 13.0. The van der Waals surface area contributed by atoms with E-state index in [0.29, 0.717) is 6.29 Å². The third-order valence-electron chi connectivity index (χ3n) is 1.78. The van der Waals surface area contributed by atoms with Gasteiger partial charge in [-0.2, -0.15) is 0 Å². The Kier molecular flexibility index (Phi) is 1.96. The summed E-state index contributed by atoms with van der Waals surface area (Å²) >= 11 is 0. The van der Waals surface area contributed by atoms with Gasteiger partial charge in [0, 0.05) is 6.07 Å². The van der Waals surface area contributed by atoms with Crippen LogP contribution in [0.25, 0.3) is 0 Å². The molecule has 3 nitrogen and oxygen atoms in total. The van der Waals surface area contributed by atoms with E-state index in [1.54, 1.807) is 0 Å². The molecule has 1 fully saturated rings. The number of hydrogen-bond acceptors (Lipinski definition) is 3. The molecule has 1 aromatic heterocycles. The van der Waals surface area contributed by atoms with Gasteiger partial charge >= 0.3 is 0 Å². The molecule has 1 aliphatic carbocycles. The minimum Gasteiger partial charge on any atom is -0.487 e. The molecule has 0 amide bonds. The van der Waals surface area contributed by atoms with Crippen molar-refractivity contribution in [2.24, 2.45) is 0 Å². The van der Waals surface area contributed by atoms with Crippen molar-refractivity contribution < 1.29 is 13.9 Å². The molecule has 68 valence electrons. The van der Waals surface area contributed by atoms with Crippen molar-refractivity contribution in [3.63, 3.8) is 0 Å². The highest BCUT2D eigenvalue weighted by atomic mass is 19.1.